The maximum atomic E-state index is 5.42. The highest BCUT2D eigenvalue weighted by atomic mass is 15.1. The molecular weight excluding hydrogens is 633 g/mol. The summed E-state index contributed by atoms with van der Waals surface area (Å²) in [6, 6.07) is 64.7. The van der Waals surface area contributed by atoms with Gasteiger partial charge in [0, 0.05) is 11.1 Å². The molecule has 9 aromatic rings. The van der Waals surface area contributed by atoms with E-state index in [0.717, 1.165) is 45.1 Å². The smallest absolute Gasteiger partial charge is 0.164 e. The van der Waals surface area contributed by atoms with Crippen LogP contribution < -0.4 is 0 Å². The predicted octanol–water partition coefficient (Wildman–Crippen LogP) is 11.2. The zero-order valence-electron chi connectivity index (χ0n) is 28.1. The zero-order chi connectivity index (χ0) is 34.2. The average molecular weight is 663 g/mol. The summed E-state index contributed by atoms with van der Waals surface area (Å²) in [5.74, 6) is 1.46. The largest absolute Gasteiger partial charge is 0.290 e. The van der Waals surface area contributed by atoms with Crippen LogP contribution in [-0.2, 0) is 5.41 Å². The third-order valence-electron chi connectivity index (χ3n) is 10.9. The van der Waals surface area contributed by atoms with Crippen molar-refractivity contribution in [3.05, 3.63) is 204 Å². The minimum absolute atomic E-state index is 0.483. The average Bonchev–Trinajstić information content (AvgIpc) is 3.76. The maximum Gasteiger partial charge on any atom is 0.164 e. The Bertz CT molecular complexity index is 2790. The number of hydrogen-bond acceptors (Lipinski definition) is 3. The summed E-state index contributed by atoms with van der Waals surface area (Å²) < 4.78 is 2.34. The van der Waals surface area contributed by atoms with Gasteiger partial charge in [0.2, 0.25) is 0 Å². The molecule has 1 spiro atoms. The van der Waals surface area contributed by atoms with E-state index in [1.54, 1.807) is 0 Å². The van der Waals surface area contributed by atoms with E-state index < -0.39 is 5.41 Å². The van der Waals surface area contributed by atoms with E-state index in [0.29, 0.717) is 5.82 Å². The Morgan fingerprint density at radius 2 is 0.923 bits per heavy atom. The Hall–Kier alpha value is -6.91. The Labute approximate surface area is 301 Å². The molecule has 3 heterocycles. The lowest BCUT2D eigenvalue weighted by Crippen LogP contribution is -2.33. The summed E-state index contributed by atoms with van der Waals surface area (Å²) in [5, 5.41) is 0. The number of rotatable bonds is 4. The predicted molar refractivity (Wildman–Crippen MR) is 209 cm³/mol. The lowest BCUT2D eigenvalue weighted by Gasteiger charge is -2.39. The Kier molecular flexibility index (Phi) is 6.13. The fourth-order valence-corrected chi connectivity index (χ4v) is 8.67. The second-order valence-electron chi connectivity index (χ2n) is 13.6. The number of hydrogen-bond donors (Lipinski definition) is 0. The Balaban J connectivity index is 1.18. The molecule has 2 aromatic heterocycles. The minimum atomic E-state index is -0.483. The van der Waals surface area contributed by atoms with Gasteiger partial charge in [0.25, 0.3) is 0 Å². The fraction of sp³-hybridized carbons (Fsp3) is 0.0208. The van der Waals surface area contributed by atoms with Crippen molar-refractivity contribution < 1.29 is 0 Å². The van der Waals surface area contributed by atoms with E-state index >= 15 is 0 Å². The molecule has 0 unspecified atom stereocenters. The molecule has 7 aromatic carbocycles. The van der Waals surface area contributed by atoms with E-state index in [9.17, 15) is 0 Å². The number of benzene rings is 7. The lowest BCUT2D eigenvalue weighted by molar-refractivity contribution is 0.745. The third-order valence-corrected chi connectivity index (χ3v) is 10.9. The Morgan fingerprint density at radius 1 is 0.385 bits per heavy atom. The topological polar surface area (TPSA) is 43.6 Å². The molecule has 0 fully saturated rings. The minimum Gasteiger partial charge on any atom is -0.290 e. The van der Waals surface area contributed by atoms with Crippen molar-refractivity contribution in [1.82, 2.24) is 19.5 Å². The molecule has 0 atom stereocenters. The molecule has 2 aliphatic rings. The van der Waals surface area contributed by atoms with Gasteiger partial charge in [0.15, 0.2) is 11.6 Å². The first-order chi connectivity index (χ1) is 25.8. The van der Waals surface area contributed by atoms with Gasteiger partial charge in [-0.15, -0.1) is 0 Å². The first-order valence-corrected chi connectivity index (χ1v) is 17.7. The van der Waals surface area contributed by atoms with Crippen LogP contribution in [0.25, 0.3) is 73.1 Å². The molecule has 11 rings (SSSR count). The van der Waals surface area contributed by atoms with Crippen LogP contribution in [-0.4, -0.2) is 19.5 Å². The molecule has 0 amide bonds. The summed E-state index contributed by atoms with van der Waals surface area (Å²) in [4.78, 5) is 15.8. The van der Waals surface area contributed by atoms with Gasteiger partial charge in [-0.25, -0.2) is 15.0 Å². The van der Waals surface area contributed by atoms with Gasteiger partial charge in [-0.3, -0.25) is 4.57 Å². The normalized spacial score (nSPS) is 13.2. The van der Waals surface area contributed by atoms with Crippen LogP contribution in [0.2, 0.25) is 0 Å². The van der Waals surface area contributed by atoms with Crippen LogP contribution in [0.3, 0.4) is 0 Å². The van der Waals surface area contributed by atoms with Crippen molar-refractivity contribution >= 4 is 11.0 Å². The Morgan fingerprint density at radius 3 is 1.63 bits per heavy atom. The van der Waals surface area contributed by atoms with Crippen molar-refractivity contribution in [3.63, 3.8) is 0 Å². The second-order valence-corrected chi connectivity index (χ2v) is 13.6. The highest BCUT2D eigenvalue weighted by molar-refractivity contribution is 5.97. The fourth-order valence-electron chi connectivity index (χ4n) is 8.67. The molecule has 0 N–H and O–H groups in total. The van der Waals surface area contributed by atoms with Crippen LogP contribution in [0.1, 0.15) is 22.3 Å². The van der Waals surface area contributed by atoms with Gasteiger partial charge in [-0.2, -0.15) is 0 Å². The summed E-state index contributed by atoms with van der Waals surface area (Å²) in [5.41, 5.74) is 16.3. The van der Waals surface area contributed by atoms with E-state index in [1.807, 2.05) is 24.3 Å². The van der Waals surface area contributed by atoms with Crippen molar-refractivity contribution in [3.8, 4) is 62.1 Å². The number of para-hydroxylation sites is 2. The van der Waals surface area contributed by atoms with Crippen molar-refractivity contribution in [1.29, 1.82) is 0 Å². The van der Waals surface area contributed by atoms with Crippen LogP contribution in [0.5, 0.6) is 0 Å². The molecule has 242 valence electrons. The standard InChI is InChI=1S/C48H30N4/c1-3-14-31(15-4-1)32-26-28-33(29-27-32)42-30-43(50-46(49-42)34-16-5-2-6-17-34)47-51-41-24-13-23-40-45(41)52(47)44-25-12-11-22-39(44)48(40)37-20-9-7-18-35(37)36-19-8-10-21-38(36)48/h1-30H. The zero-order valence-corrected chi connectivity index (χ0v) is 28.1. The summed E-state index contributed by atoms with van der Waals surface area (Å²) >= 11 is 0. The molecule has 4 nitrogen and oxygen atoms in total. The molecule has 4 heteroatoms. The molecule has 1 aliphatic carbocycles. The van der Waals surface area contributed by atoms with Gasteiger partial charge >= 0.3 is 0 Å². The highest BCUT2D eigenvalue weighted by Gasteiger charge is 2.50. The van der Waals surface area contributed by atoms with Crippen molar-refractivity contribution in [2.24, 2.45) is 0 Å². The van der Waals surface area contributed by atoms with Crippen molar-refractivity contribution in [2.45, 2.75) is 5.41 Å². The van der Waals surface area contributed by atoms with E-state index in [2.05, 4.69) is 162 Å². The molecule has 0 saturated heterocycles. The van der Waals surface area contributed by atoms with E-state index in [-0.39, 0.29) is 0 Å². The van der Waals surface area contributed by atoms with Crippen molar-refractivity contribution in [2.75, 3.05) is 0 Å². The molecule has 0 saturated carbocycles. The number of fused-ring (bicyclic) bond motifs is 9. The van der Waals surface area contributed by atoms with Crippen LogP contribution in [0.4, 0.5) is 0 Å². The number of aromatic nitrogens is 4. The van der Waals surface area contributed by atoms with Crippen LogP contribution >= 0.6 is 0 Å². The molecule has 0 radical (unpaired) electrons. The quantitative estimate of drug-likeness (QED) is 0.188. The van der Waals surface area contributed by atoms with Gasteiger partial charge < -0.3 is 0 Å². The first-order valence-electron chi connectivity index (χ1n) is 17.7. The first kappa shape index (κ1) is 28.9. The van der Waals surface area contributed by atoms with Gasteiger partial charge in [0.1, 0.15) is 5.69 Å². The summed E-state index contributed by atoms with van der Waals surface area (Å²) in [6.07, 6.45) is 0. The molecule has 0 bridgehead atoms. The van der Waals surface area contributed by atoms with Crippen LogP contribution in [0, 0.1) is 0 Å². The third kappa shape index (κ3) is 4.00. The highest BCUT2D eigenvalue weighted by Crippen LogP contribution is 2.60. The summed E-state index contributed by atoms with van der Waals surface area (Å²) in [6.45, 7) is 0. The van der Waals surface area contributed by atoms with Gasteiger partial charge in [-0.05, 0) is 62.7 Å². The molecule has 1 aliphatic heterocycles. The second kappa shape index (κ2) is 11.0. The summed E-state index contributed by atoms with van der Waals surface area (Å²) in [7, 11) is 0. The van der Waals surface area contributed by atoms with E-state index in [1.165, 1.54) is 44.5 Å². The SMILES string of the molecule is c1ccc(-c2ccc(-c3cc(-c4nc5cccc6c5n4-c4ccccc4C64c5ccccc5-c5ccccc54)nc(-c4ccccc4)n3)cc2)cc1. The monoisotopic (exact) mass is 662 g/mol. The lowest BCUT2D eigenvalue weighted by atomic mass is 9.65. The van der Waals surface area contributed by atoms with E-state index in [4.69, 9.17) is 15.0 Å². The number of nitrogens with zero attached hydrogens (tertiary/aromatic N) is 4. The maximum absolute atomic E-state index is 5.42. The van der Waals surface area contributed by atoms with Crippen LogP contribution in [0.15, 0.2) is 182 Å². The molecule has 52 heavy (non-hydrogen) atoms. The molecular formula is C48H30N4. The number of imidazole rings is 1. The van der Waals surface area contributed by atoms with Gasteiger partial charge in [-0.1, -0.05) is 164 Å². The van der Waals surface area contributed by atoms with Gasteiger partial charge in [0.05, 0.1) is 27.8 Å².